The average molecular weight is 256 g/mol. The van der Waals surface area contributed by atoms with Gasteiger partial charge in [-0.05, 0) is 31.9 Å². The summed E-state index contributed by atoms with van der Waals surface area (Å²) in [6.45, 7) is 3.78. The monoisotopic (exact) mass is 256 g/mol. The normalized spacial score (nSPS) is 19.1. The van der Waals surface area contributed by atoms with Crippen molar-refractivity contribution in [2.45, 2.75) is 25.8 Å². The molecule has 1 fully saturated rings. The summed E-state index contributed by atoms with van der Waals surface area (Å²) in [7, 11) is 0. The summed E-state index contributed by atoms with van der Waals surface area (Å²) in [5.41, 5.74) is 8.07. The lowest BCUT2D eigenvalue weighted by molar-refractivity contribution is 0.660. The van der Waals surface area contributed by atoms with Crippen molar-refractivity contribution in [3.8, 4) is 5.69 Å². The summed E-state index contributed by atoms with van der Waals surface area (Å²) < 4.78 is 2.17. The molecule has 1 aromatic carbocycles. The molecule has 1 atom stereocenters. The maximum atomic E-state index is 5.88. The molecule has 2 N–H and O–H groups in total. The first kappa shape index (κ1) is 12.2. The van der Waals surface area contributed by atoms with Crippen molar-refractivity contribution in [2.24, 2.45) is 5.73 Å². The lowest BCUT2D eigenvalue weighted by atomic mass is 10.2. The van der Waals surface area contributed by atoms with Crippen LogP contribution in [0.5, 0.6) is 0 Å². The molecule has 0 amide bonds. The largest absolute Gasteiger partial charge is 0.338 e. The van der Waals surface area contributed by atoms with Crippen LogP contribution < -0.4 is 10.6 Å². The van der Waals surface area contributed by atoms with Crippen molar-refractivity contribution in [1.29, 1.82) is 0 Å². The molecule has 19 heavy (non-hydrogen) atoms. The Morgan fingerprint density at radius 3 is 2.84 bits per heavy atom. The second kappa shape index (κ2) is 5.05. The second-order valence-electron chi connectivity index (χ2n) is 5.11. The number of hydrogen-bond donors (Lipinski definition) is 1. The van der Waals surface area contributed by atoms with E-state index in [4.69, 9.17) is 10.7 Å². The van der Waals surface area contributed by atoms with Crippen molar-refractivity contribution in [3.63, 3.8) is 0 Å². The van der Waals surface area contributed by atoms with Crippen LogP contribution in [0.4, 0.5) is 5.95 Å². The van der Waals surface area contributed by atoms with Crippen LogP contribution in [0.25, 0.3) is 5.69 Å². The van der Waals surface area contributed by atoms with Crippen molar-refractivity contribution >= 4 is 5.95 Å². The van der Waals surface area contributed by atoms with Gasteiger partial charge in [-0.1, -0.05) is 18.2 Å². The third-order valence-corrected chi connectivity index (χ3v) is 3.75. The molecule has 2 heterocycles. The minimum atomic E-state index is 0.421. The highest BCUT2D eigenvalue weighted by molar-refractivity contribution is 5.46. The molecule has 1 aliphatic rings. The molecular formula is C15H20N4. The summed E-state index contributed by atoms with van der Waals surface area (Å²) in [6, 6.07) is 10.8. The van der Waals surface area contributed by atoms with E-state index in [2.05, 4.69) is 39.9 Å². The van der Waals surface area contributed by atoms with Gasteiger partial charge in [0.05, 0.1) is 5.69 Å². The van der Waals surface area contributed by atoms with Gasteiger partial charge in [0, 0.05) is 31.0 Å². The Balaban J connectivity index is 2.02. The lowest BCUT2D eigenvalue weighted by Crippen LogP contribution is -2.37. The van der Waals surface area contributed by atoms with Crippen LogP contribution >= 0.6 is 0 Å². The SMILES string of the molecule is Cc1cn(-c2ccccc2)c(N2CCCC2CN)n1. The molecule has 2 aromatic rings. The predicted molar refractivity (Wildman–Crippen MR) is 77.7 cm³/mol. The number of nitrogens with zero attached hydrogens (tertiary/aromatic N) is 3. The molecule has 0 saturated carbocycles. The average Bonchev–Trinajstić information content (AvgIpc) is 3.05. The van der Waals surface area contributed by atoms with E-state index in [0.717, 1.165) is 30.3 Å². The molecule has 0 bridgehead atoms. The molecule has 1 unspecified atom stereocenters. The molecule has 0 spiro atoms. The molecule has 1 aliphatic heterocycles. The number of anilines is 1. The smallest absolute Gasteiger partial charge is 0.210 e. The molecule has 0 aliphatic carbocycles. The van der Waals surface area contributed by atoms with Crippen molar-refractivity contribution in [1.82, 2.24) is 9.55 Å². The Kier molecular flexibility index (Phi) is 3.25. The second-order valence-corrected chi connectivity index (χ2v) is 5.11. The number of nitrogens with two attached hydrogens (primary N) is 1. The molecule has 4 heteroatoms. The Bertz CT molecular complexity index is 547. The van der Waals surface area contributed by atoms with E-state index in [1.165, 1.54) is 6.42 Å². The molecular weight excluding hydrogens is 236 g/mol. The van der Waals surface area contributed by atoms with Crippen LogP contribution in [0.15, 0.2) is 36.5 Å². The van der Waals surface area contributed by atoms with Crippen molar-refractivity contribution in [2.75, 3.05) is 18.0 Å². The van der Waals surface area contributed by atoms with Gasteiger partial charge in [0.25, 0.3) is 0 Å². The van der Waals surface area contributed by atoms with Crippen LogP contribution in [0.3, 0.4) is 0 Å². The van der Waals surface area contributed by atoms with E-state index in [1.54, 1.807) is 0 Å². The van der Waals surface area contributed by atoms with Crippen molar-refractivity contribution in [3.05, 3.63) is 42.2 Å². The van der Waals surface area contributed by atoms with E-state index in [-0.39, 0.29) is 0 Å². The van der Waals surface area contributed by atoms with Gasteiger partial charge >= 0.3 is 0 Å². The zero-order chi connectivity index (χ0) is 13.2. The van der Waals surface area contributed by atoms with E-state index < -0.39 is 0 Å². The zero-order valence-electron chi connectivity index (χ0n) is 11.3. The van der Waals surface area contributed by atoms with Gasteiger partial charge in [-0.15, -0.1) is 0 Å². The Hall–Kier alpha value is -1.81. The van der Waals surface area contributed by atoms with Crippen LogP contribution in [-0.2, 0) is 0 Å². The fourth-order valence-corrected chi connectivity index (χ4v) is 2.81. The summed E-state index contributed by atoms with van der Waals surface area (Å²) in [5.74, 6) is 1.02. The summed E-state index contributed by atoms with van der Waals surface area (Å²) >= 11 is 0. The van der Waals surface area contributed by atoms with Gasteiger partial charge in [0.1, 0.15) is 0 Å². The first-order valence-electron chi connectivity index (χ1n) is 6.87. The Morgan fingerprint density at radius 2 is 2.11 bits per heavy atom. The van der Waals surface area contributed by atoms with Crippen molar-refractivity contribution < 1.29 is 0 Å². The lowest BCUT2D eigenvalue weighted by Gasteiger charge is -2.25. The predicted octanol–water partition coefficient (Wildman–Crippen LogP) is 2.11. The molecule has 0 radical (unpaired) electrons. The van der Waals surface area contributed by atoms with E-state index in [0.29, 0.717) is 12.6 Å². The molecule has 3 rings (SSSR count). The van der Waals surface area contributed by atoms with Gasteiger partial charge in [-0.25, -0.2) is 4.98 Å². The Morgan fingerprint density at radius 1 is 1.32 bits per heavy atom. The number of rotatable bonds is 3. The summed E-state index contributed by atoms with van der Waals surface area (Å²) in [6.07, 6.45) is 4.45. The standard InChI is InChI=1S/C15H20N4/c1-12-11-19(13-6-3-2-4-7-13)15(17-12)18-9-5-8-14(18)10-16/h2-4,6-7,11,14H,5,8-10,16H2,1H3. The van der Waals surface area contributed by atoms with Crippen LogP contribution in [-0.4, -0.2) is 28.7 Å². The third-order valence-electron chi connectivity index (χ3n) is 3.75. The number of aryl methyl sites for hydroxylation is 1. The molecule has 1 saturated heterocycles. The molecule has 1 aromatic heterocycles. The minimum absolute atomic E-state index is 0.421. The van der Waals surface area contributed by atoms with E-state index in [9.17, 15) is 0 Å². The highest BCUT2D eigenvalue weighted by Crippen LogP contribution is 2.27. The van der Waals surface area contributed by atoms with Gasteiger partial charge in [-0.2, -0.15) is 0 Å². The van der Waals surface area contributed by atoms with Crippen LogP contribution in [0.2, 0.25) is 0 Å². The topological polar surface area (TPSA) is 47.1 Å². The highest BCUT2D eigenvalue weighted by atomic mass is 15.3. The number of hydrogen-bond acceptors (Lipinski definition) is 3. The van der Waals surface area contributed by atoms with E-state index in [1.807, 2.05) is 13.0 Å². The van der Waals surface area contributed by atoms with Gasteiger partial charge in [0.15, 0.2) is 0 Å². The molecule has 100 valence electrons. The summed E-state index contributed by atoms with van der Waals surface area (Å²) in [5, 5.41) is 0. The maximum Gasteiger partial charge on any atom is 0.210 e. The third kappa shape index (κ3) is 2.24. The highest BCUT2D eigenvalue weighted by Gasteiger charge is 2.27. The number of benzene rings is 1. The number of para-hydroxylation sites is 1. The van der Waals surface area contributed by atoms with Crippen LogP contribution in [0, 0.1) is 6.92 Å². The van der Waals surface area contributed by atoms with Crippen LogP contribution in [0.1, 0.15) is 18.5 Å². The fourth-order valence-electron chi connectivity index (χ4n) is 2.81. The van der Waals surface area contributed by atoms with E-state index >= 15 is 0 Å². The number of imidazole rings is 1. The fraction of sp³-hybridized carbons (Fsp3) is 0.400. The maximum absolute atomic E-state index is 5.88. The first-order chi connectivity index (χ1) is 9.29. The summed E-state index contributed by atoms with van der Waals surface area (Å²) in [4.78, 5) is 7.05. The number of aromatic nitrogens is 2. The van der Waals surface area contributed by atoms with Gasteiger partial charge < -0.3 is 10.6 Å². The first-order valence-corrected chi connectivity index (χ1v) is 6.87. The van der Waals surface area contributed by atoms with Gasteiger partial charge in [0.2, 0.25) is 5.95 Å². The van der Waals surface area contributed by atoms with Gasteiger partial charge in [-0.3, -0.25) is 4.57 Å². The quantitative estimate of drug-likeness (QED) is 0.915. The molecule has 4 nitrogen and oxygen atoms in total. The zero-order valence-corrected chi connectivity index (χ0v) is 11.3. The Labute approximate surface area is 113 Å². The minimum Gasteiger partial charge on any atom is -0.338 e.